The number of nitrogens with one attached hydrogen (secondary N) is 1. The van der Waals surface area contributed by atoms with Crippen LogP contribution in [0.25, 0.3) is 10.9 Å². The highest BCUT2D eigenvalue weighted by atomic mass is 32.1. The molecule has 0 radical (unpaired) electrons. The molecule has 1 N–H and O–H groups in total. The zero-order chi connectivity index (χ0) is 26.2. The summed E-state index contributed by atoms with van der Waals surface area (Å²) in [7, 11) is 0. The molecule has 0 bridgehead atoms. The third-order valence-electron chi connectivity index (χ3n) is 4.96. The fourth-order valence-corrected chi connectivity index (χ4v) is 3.93. The molecule has 0 aliphatic rings. The average Bonchev–Trinajstić information content (AvgIpc) is 3.24. The van der Waals surface area contributed by atoms with Crippen LogP contribution in [0.15, 0.2) is 46.6 Å². The van der Waals surface area contributed by atoms with Crippen molar-refractivity contribution < 1.29 is 24.0 Å². The van der Waals surface area contributed by atoms with Crippen LogP contribution in [0.2, 0.25) is 0 Å². The normalized spacial score (nSPS) is 11.0. The molecule has 1 aromatic heterocycles. The molecule has 0 atom stereocenters. The molecule has 0 aliphatic heterocycles. The fraction of sp³-hybridized carbons (Fsp3) is 0.304. The number of benzene rings is 2. The van der Waals surface area contributed by atoms with E-state index in [9.17, 15) is 24.5 Å². The number of nitro groups is 1. The van der Waals surface area contributed by atoms with E-state index < -0.39 is 10.9 Å². The minimum atomic E-state index is -0.492. The van der Waals surface area contributed by atoms with Gasteiger partial charge in [0.05, 0.1) is 22.5 Å². The van der Waals surface area contributed by atoms with Gasteiger partial charge in [-0.3, -0.25) is 24.5 Å². The lowest BCUT2D eigenvalue weighted by molar-refractivity contribution is -0.384. The summed E-state index contributed by atoms with van der Waals surface area (Å²) in [5.74, 6) is -1.02. The van der Waals surface area contributed by atoms with E-state index >= 15 is 0 Å². The first-order valence-corrected chi connectivity index (χ1v) is 11.7. The number of ether oxygens (including phenoxy) is 1. The Balaban J connectivity index is 1.84. The van der Waals surface area contributed by atoms with Gasteiger partial charge >= 0.3 is 5.97 Å². The lowest BCUT2D eigenvalue weighted by Gasteiger charge is -2.23. The summed E-state index contributed by atoms with van der Waals surface area (Å²) >= 11 is 1.06. The molecule has 0 fully saturated rings. The quantitative estimate of drug-likeness (QED) is 0.164. The second-order valence-electron chi connectivity index (χ2n) is 7.72. The molecule has 3 aromatic rings. The number of amides is 1. The van der Waals surface area contributed by atoms with Gasteiger partial charge < -0.3 is 15.0 Å². The lowest BCUT2D eigenvalue weighted by atomic mass is 10.2. The zero-order valence-electron chi connectivity index (χ0n) is 19.9. The number of anilines is 2. The molecule has 12 nitrogen and oxygen atoms in total. The first-order valence-electron chi connectivity index (χ1n) is 10.9. The monoisotopic (exact) mass is 512 g/mol. The Morgan fingerprint density at radius 1 is 1.17 bits per heavy atom. The summed E-state index contributed by atoms with van der Waals surface area (Å²) < 4.78 is 9.15. The van der Waals surface area contributed by atoms with Crippen molar-refractivity contribution in [3.05, 3.63) is 46.5 Å². The first-order chi connectivity index (χ1) is 17.2. The van der Waals surface area contributed by atoms with Crippen LogP contribution in [0.4, 0.5) is 27.8 Å². The summed E-state index contributed by atoms with van der Waals surface area (Å²) in [4.78, 5) is 47.2. The highest BCUT2D eigenvalue weighted by molar-refractivity contribution is 7.11. The maximum absolute atomic E-state index is 11.9. The largest absolute Gasteiger partial charge is 0.458 e. The molecular formula is C23H24N6O6S. The van der Waals surface area contributed by atoms with Crippen LogP contribution in [0.1, 0.15) is 27.2 Å². The molecule has 0 aliphatic carbocycles. The first kappa shape index (κ1) is 26.3. The van der Waals surface area contributed by atoms with Crippen molar-refractivity contribution in [3.63, 3.8) is 0 Å². The Morgan fingerprint density at radius 3 is 2.61 bits per heavy atom. The van der Waals surface area contributed by atoms with Gasteiger partial charge in [-0.2, -0.15) is 4.37 Å². The minimum absolute atomic E-state index is 0.0766. The molecule has 0 spiro atoms. The average molecular weight is 513 g/mol. The molecule has 188 valence electrons. The molecule has 2 aromatic carbocycles. The molecule has 0 unspecified atom stereocenters. The summed E-state index contributed by atoms with van der Waals surface area (Å²) in [5.41, 5.74) is 2.00. The van der Waals surface area contributed by atoms with Crippen molar-refractivity contribution in [2.75, 3.05) is 29.9 Å². The van der Waals surface area contributed by atoms with E-state index in [4.69, 9.17) is 4.74 Å². The van der Waals surface area contributed by atoms with Crippen LogP contribution in [-0.4, -0.2) is 46.7 Å². The van der Waals surface area contributed by atoms with Crippen molar-refractivity contribution in [2.24, 2.45) is 10.2 Å². The predicted octanol–water partition coefficient (Wildman–Crippen LogP) is 4.93. The number of hydrogen-bond acceptors (Lipinski definition) is 11. The van der Waals surface area contributed by atoms with Gasteiger partial charge in [0, 0.05) is 43.2 Å². The summed E-state index contributed by atoms with van der Waals surface area (Å²) in [5, 5.41) is 23.2. The van der Waals surface area contributed by atoms with Gasteiger partial charge in [0.1, 0.15) is 12.3 Å². The number of nitro benzene ring substituents is 1. The molecule has 13 heteroatoms. The number of hydrogen-bond donors (Lipinski definition) is 1. The van der Waals surface area contributed by atoms with Crippen molar-refractivity contribution in [1.29, 1.82) is 0 Å². The molecule has 1 amide bonds. The van der Waals surface area contributed by atoms with Gasteiger partial charge in [-0.15, -0.1) is 10.2 Å². The summed E-state index contributed by atoms with van der Waals surface area (Å²) in [6, 6.07) is 9.49. The third kappa shape index (κ3) is 6.88. The Bertz CT molecular complexity index is 1340. The smallest absolute Gasteiger partial charge is 0.308 e. The van der Waals surface area contributed by atoms with Crippen molar-refractivity contribution in [3.8, 4) is 0 Å². The summed E-state index contributed by atoms with van der Waals surface area (Å²) in [6.45, 7) is 5.30. The van der Waals surface area contributed by atoms with Crippen LogP contribution >= 0.6 is 11.5 Å². The van der Waals surface area contributed by atoms with Crippen molar-refractivity contribution in [1.82, 2.24) is 4.37 Å². The lowest BCUT2D eigenvalue weighted by Crippen LogP contribution is -2.27. The number of fused-ring (bicyclic) bond motifs is 1. The van der Waals surface area contributed by atoms with Crippen LogP contribution in [0.5, 0.6) is 0 Å². The number of ketones is 1. The zero-order valence-corrected chi connectivity index (χ0v) is 20.7. The van der Waals surface area contributed by atoms with Crippen LogP contribution in [0.3, 0.4) is 0 Å². The second-order valence-corrected chi connectivity index (χ2v) is 8.47. The number of nitrogens with zero attached hydrogens (tertiary/aromatic N) is 5. The molecule has 0 saturated carbocycles. The molecule has 3 rings (SSSR count). The molecule has 1 heterocycles. The van der Waals surface area contributed by atoms with Crippen LogP contribution in [-0.2, 0) is 19.1 Å². The summed E-state index contributed by atoms with van der Waals surface area (Å²) in [6.07, 6.45) is 0.0860. The van der Waals surface area contributed by atoms with Gasteiger partial charge in [-0.1, -0.05) is 0 Å². The number of carbonyl (C=O) groups is 3. The van der Waals surface area contributed by atoms with E-state index in [1.807, 2.05) is 11.8 Å². The number of non-ortho nitro benzene ring substituents is 1. The highest BCUT2D eigenvalue weighted by Crippen LogP contribution is 2.36. The Hall–Kier alpha value is -4.26. The molecular weight excluding hydrogens is 488 g/mol. The van der Waals surface area contributed by atoms with E-state index in [2.05, 4.69) is 19.9 Å². The maximum atomic E-state index is 11.9. The predicted molar refractivity (Wildman–Crippen MR) is 135 cm³/mol. The second kappa shape index (κ2) is 11.9. The van der Waals surface area contributed by atoms with Gasteiger partial charge in [-0.05, 0) is 49.6 Å². The standard InChI is InChI=1S/C23H24N6O6S/c1-4-28(10-9-22(32)35-13-14(2)30)16-5-8-20(21(12-16)24-15(3)31)25-26-23-18-11-17(29(33)34)6-7-19(18)27-36-23/h5-8,11-12H,4,9-10,13H2,1-3H3,(H,24,31). The van der Waals surface area contributed by atoms with Gasteiger partial charge in [0.15, 0.2) is 10.8 Å². The molecule has 36 heavy (non-hydrogen) atoms. The Labute approximate surface area is 210 Å². The highest BCUT2D eigenvalue weighted by Gasteiger charge is 2.14. The van der Waals surface area contributed by atoms with Gasteiger partial charge in [0.25, 0.3) is 5.69 Å². The minimum Gasteiger partial charge on any atom is -0.458 e. The Morgan fingerprint density at radius 2 is 1.94 bits per heavy atom. The van der Waals surface area contributed by atoms with Gasteiger partial charge in [0.2, 0.25) is 5.91 Å². The topological polar surface area (TPSA) is 156 Å². The number of carbonyl (C=O) groups excluding carboxylic acids is 3. The van der Waals surface area contributed by atoms with E-state index in [-0.39, 0.29) is 30.4 Å². The van der Waals surface area contributed by atoms with E-state index in [1.54, 1.807) is 24.3 Å². The SMILES string of the molecule is CCN(CCC(=O)OCC(C)=O)c1ccc(N=Nc2snc3ccc([N+](=O)[O-])cc23)c(NC(C)=O)c1. The number of azo groups is 1. The van der Waals surface area contributed by atoms with Crippen molar-refractivity contribution in [2.45, 2.75) is 27.2 Å². The molecule has 0 saturated heterocycles. The number of Topliss-reactive ketones (excluding diaryl/α,β-unsaturated/α-hetero) is 1. The maximum Gasteiger partial charge on any atom is 0.308 e. The Kier molecular flexibility index (Phi) is 8.73. The van der Waals surface area contributed by atoms with Gasteiger partial charge in [-0.25, -0.2) is 0 Å². The van der Waals surface area contributed by atoms with E-state index in [0.717, 1.165) is 17.2 Å². The van der Waals surface area contributed by atoms with Crippen LogP contribution < -0.4 is 10.2 Å². The number of aromatic nitrogens is 1. The van der Waals surface area contributed by atoms with Crippen molar-refractivity contribution >= 4 is 67.8 Å². The number of rotatable bonds is 11. The van der Waals surface area contributed by atoms with E-state index in [1.165, 1.54) is 26.0 Å². The fourth-order valence-electron chi connectivity index (χ4n) is 3.25. The van der Waals surface area contributed by atoms with E-state index in [0.29, 0.717) is 40.4 Å². The van der Waals surface area contributed by atoms with Crippen LogP contribution in [0, 0.1) is 10.1 Å². The third-order valence-corrected chi connectivity index (χ3v) is 5.72. The number of esters is 1.